The Kier molecular flexibility index (Phi) is 6.01. The highest BCUT2D eigenvalue weighted by molar-refractivity contribution is 6.31. The Morgan fingerprint density at radius 2 is 2.14 bits per heavy atom. The molecule has 0 fully saturated rings. The molecular weight excluding hydrogens is 292 g/mol. The van der Waals surface area contributed by atoms with E-state index in [0.717, 1.165) is 0 Å². The maximum Gasteiger partial charge on any atom is 0.241 e. The lowest BCUT2D eigenvalue weighted by molar-refractivity contribution is -0.121. The van der Waals surface area contributed by atoms with E-state index in [-0.39, 0.29) is 5.91 Å². The minimum absolute atomic E-state index is 0.192. The van der Waals surface area contributed by atoms with Gasteiger partial charge in [-0.15, -0.1) is 0 Å². The zero-order valence-electron chi connectivity index (χ0n) is 13.1. The van der Waals surface area contributed by atoms with Gasteiger partial charge < -0.3 is 15.2 Å². The van der Waals surface area contributed by atoms with Crippen LogP contribution in [0.3, 0.4) is 0 Å². The molecule has 0 aliphatic rings. The van der Waals surface area contributed by atoms with Gasteiger partial charge in [0.2, 0.25) is 5.91 Å². The lowest BCUT2D eigenvalue weighted by atomic mass is 10.1. The SMILES string of the molecule is COc1ccc(Cl)cc1NC(=O)C(C)N(C)CC(C)(C)O. The molecule has 6 heteroatoms. The van der Waals surface area contributed by atoms with Gasteiger partial charge in [0.05, 0.1) is 24.4 Å². The summed E-state index contributed by atoms with van der Waals surface area (Å²) in [5, 5.41) is 13.1. The second-order valence-corrected chi connectivity index (χ2v) is 6.17. The van der Waals surface area contributed by atoms with Gasteiger partial charge in [0.15, 0.2) is 0 Å². The number of aliphatic hydroxyl groups is 1. The van der Waals surface area contributed by atoms with E-state index in [2.05, 4.69) is 5.32 Å². The van der Waals surface area contributed by atoms with Gasteiger partial charge in [-0.05, 0) is 46.0 Å². The molecule has 1 amide bonds. The molecule has 1 aromatic rings. The van der Waals surface area contributed by atoms with Crippen LogP contribution in [0.2, 0.25) is 5.02 Å². The summed E-state index contributed by atoms with van der Waals surface area (Å²) in [5.74, 6) is 0.354. The van der Waals surface area contributed by atoms with Crippen LogP contribution in [0.1, 0.15) is 20.8 Å². The molecule has 21 heavy (non-hydrogen) atoms. The smallest absolute Gasteiger partial charge is 0.241 e. The standard InChI is InChI=1S/C15H23ClN2O3/c1-10(18(4)9-15(2,3)20)14(19)17-12-8-11(16)6-7-13(12)21-5/h6-8,10,20H,9H2,1-5H3,(H,17,19). The molecule has 1 atom stereocenters. The second kappa shape index (κ2) is 7.11. The topological polar surface area (TPSA) is 61.8 Å². The van der Waals surface area contributed by atoms with E-state index >= 15 is 0 Å². The number of halogens is 1. The number of benzene rings is 1. The van der Waals surface area contributed by atoms with E-state index in [1.165, 1.54) is 7.11 Å². The zero-order chi connectivity index (χ0) is 16.2. The van der Waals surface area contributed by atoms with Crippen molar-refractivity contribution in [2.75, 3.05) is 26.0 Å². The fourth-order valence-electron chi connectivity index (χ4n) is 1.96. The van der Waals surface area contributed by atoms with Crippen LogP contribution >= 0.6 is 11.6 Å². The highest BCUT2D eigenvalue weighted by Crippen LogP contribution is 2.27. The Morgan fingerprint density at radius 3 is 2.67 bits per heavy atom. The number of likely N-dealkylation sites (N-methyl/N-ethyl adjacent to an activating group) is 1. The summed E-state index contributed by atoms with van der Waals surface area (Å²) in [7, 11) is 3.32. The number of methoxy groups -OCH3 is 1. The molecule has 0 aliphatic carbocycles. The summed E-state index contributed by atoms with van der Waals surface area (Å²) in [4.78, 5) is 14.1. The van der Waals surface area contributed by atoms with Crippen LogP contribution in [0.15, 0.2) is 18.2 Å². The van der Waals surface area contributed by atoms with E-state index < -0.39 is 11.6 Å². The van der Waals surface area contributed by atoms with Gasteiger partial charge in [0.1, 0.15) is 5.75 Å². The van der Waals surface area contributed by atoms with Crippen LogP contribution in [-0.4, -0.2) is 48.3 Å². The van der Waals surface area contributed by atoms with Crippen LogP contribution in [0.5, 0.6) is 5.75 Å². The zero-order valence-corrected chi connectivity index (χ0v) is 13.9. The number of rotatable bonds is 6. The molecule has 0 saturated carbocycles. The molecule has 0 bridgehead atoms. The van der Waals surface area contributed by atoms with Crippen molar-refractivity contribution in [2.45, 2.75) is 32.4 Å². The number of anilines is 1. The quantitative estimate of drug-likeness (QED) is 0.846. The van der Waals surface area contributed by atoms with E-state index in [4.69, 9.17) is 16.3 Å². The molecule has 0 aliphatic heterocycles. The molecule has 0 spiro atoms. The average Bonchev–Trinajstić information content (AvgIpc) is 2.36. The lowest BCUT2D eigenvalue weighted by Gasteiger charge is -2.29. The summed E-state index contributed by atoms with van der Waals surface area (Å²) < 4.78 is 5.20. The van der Waals surface area contributed by atoms with Gasteiger partial charge in [-0.25, -0.2) is 0 Å². The molecule has 5 nitrogen and oxygen atoms in total. The Bertz CT molecular complexity index is 500. The first-order chi connectivity index (χ1) is 9.64. The molecule has 0 heterocycles. The molecule has 1 rings (SSSR count). The monoisotopic (exact) mass is 314 g/mol. The van der Waals surface area contributed by atoms with Crippen LogP contribution in [0.4, 0.5) is 5.69 Å². The molecule has 1 aromatic carbocycles. The largest absolute Gasteiger partial charge is 0.495 e. The van der Waals surface area contributed by atoms with Crippen molar-refractivity contribution >= 4 is 23.2 Å². The van der Waals surface area contributed by atoms with E-state index in [9.17, 15) is 9.90 Å². The van der Waals surface area contributed by atoms with E-state index in [0.29, 0.717) is 23.0 Å². The van der Waals surface area contributed by atoms with Crippen molar-refractivity contribution in [3.05, 3.63) is 23.2 Å². The third kappa shape index (κ3) is 5.53. The number of hydrogen-bond acceptors (Lipinski definition) is 4. The maximum atomic E-state index is 12.3. The minimum atomic E-state index is -0.864. The van der Waals surface area contributed by atoms with Gasteiger partial charge in [0, 0.05) is 11.6 Å². The van der Waals surface area contributed by atoms with E-state index in [1.807, 2.05) is 0 Å². The van der Waals surface area contributed by atoms with Crippen molar-refractivity contribution in [1.29, 1.82) is 0 Å². The number of carbonyl (C=O) groups is 1. The Labute approximate surface area is 130 Å². The van der Waals surface area contributed by atoms with Crippen molar-refractivity contribution in [3.8, 4) is 5.75 Å². The summed E-state index contributed by atoms with van der Waals surface area (Å²) in [5.41, 5.74) is -0.338. The third-order valence-electron chi connectivity index (χ3n) is 3.10. The van der Waals surface area contributed by atoms with Gasteiger partial charge >= 0.3 is 0 Å². The molecular formula is C15H23ClN2O3. The van der Waals surface area contributed by atoms with Gasteiger partial charge in [-0.1, -0.05) is 11.6 Å². The Morgan fingerprint density at radius 1 is 1.52 bits per heavy atom. The molecule has 0 radical (unpaired) electrons. The van der Waals surface area contributed by atoms with E-state index in [1.54, 1.807) is 50.9 Å². The van der Waals surface area contributed by atoms with Crippen molar-refractivity contribution in [1.82, 2.24) is 4.90 Å². The number of carbonyl (C=O) groups excluding carboxylic acids is 1. The maximum absolute atomic E-state index is 12.3. The van der Waals surface area contributed by atoms with Crippen molar-refractivity contribution in [2.24, 2.45) is 0 Å². The Balaban J connectivity index is 2.79. The first-order valence-corrected chi connectivity index (χ1v) is 7.09. The predicted molar refractivity (Wildman–Crippen MR) is 85.0 cm³/mol. The van der Waals surface area contributed by atoms with Gasteiger partial charge in [0.25, 0.3) is 0 Å². The van der Waals surface area contributed by atoms with Gasteiger partial charge in [-0.3, -0.25) is 9.69 Å². The average molecular weight is 315 g/mol. The summed E-state index contributed by atoms with van der Waals surface area (Å²) >= 11 is 5.94. The number of amides is 1. The highest BCUT2D eigenvalue weighted by atomic mass is 35.5. The highest BCUT2D eigenvalue weighted by Gasteiger charge is 2.24. The second-order valence-electron chi connectivity index (χ2n) is 5.74. The third-order valence-corrected chi connectivity index (χ3v) is 3.33. The number of nitrogens with one attached hydrogen (secondary N) is 1. The molecule has 118 valence electrons. The first-order valence-electron chi connectivity index (χ1n) is 6.71. The summed E-state index contributed by atoms with van der Waals surface area (Å²) in [6.07, 6.45) is 0. The molecule has 0 aromatic heterocycles. The molecule has 1 unspecified atom stereocenters. The number of nitrogens with zero attached hydrogens (tertiary/aromatic N) is 1. The first kappa shape index (κ1) is 17.8. The van der Waals surface area contributed by atoms with Crippen LogP contribution in [-0.2, 0) is 4.79 Å². The summed E-state index contributed by atoms with van der Waals surface area (Å²) in [6.45, 7) is 5.56. The molecule has 2 N–H and O–H groups in total. The normalized spacial score (nSPS) is 13.1. The van der Waals surface area contributed by atoms with Crippen molar-refractivity contribution in [3.63, 3.8) is 0 Å². The molecule has 0 saturated heterocycles. The fraction of sp³-hybridized carbons (Fsp3) is 0.533. The minimum Gasteiger partial charge on any atom is -0.495 e. The van der Waals surface area contributed by atoms with Crippen molar-refractivity contribution < 1.29 is 14.6 Å². The van der Waals surface area contributed by atoms with Crippen LogP contribution < -0.4 is 10.1 Å². The lowest BCUT2D eigenvalue weighted by Crippen LogP contribution is -2.46. The van der Waals surface area contributed by atoms with Gasteiger partial charge in [-0.2, -0.15) is 0 Å². The predicted octanol–water partition coefficient (Wildman–Crippen LogP) is 2.38. The summed E-state index contributed by atoms with van der Waals surface area (Å²) in [6, 6.07) is 4.63. The fourth-order valence-corrected chi connectivity index (χ4v) is 2.13. The number of ether oxygens (including phenoxy) is 1. The van der Waals surface area contributed by atoms with Crippen LogP contribution in [0, 0.1) is 0 Å². The number of hydrogen-bond donors (Lipinski definition) is 2. The Hall–Kier alpha value is -1.30. The van der Waals surface area contributed by atoms with Crippen LogP contribution in [0.25, 0.3) is 0 Å².